The zero-order chi connectivity index (χ0) is 13.7. The van der Waals surface area contributed by atoms with Gasteiger partial charge < -0.3 is 10.2 Å². The summed E-state index contributed by atoms with van der Waals surface area (Å²) >= 11 is 0. The van der Waals surface area contributed by atoms with Crippen LogP contribution in [0, 0.1) is 10.1 Å². The van der Waals surface area contributed by atoms with Gasteiger partial charge in [0, 0.05) is 44.7 Å². The third-order valence-corrected chi connectivity index (χ3v) is 3.24. The summed E-state index contributed by atoms with van der Waals surface area (Å²) in [4.78, 5) is 23.9. The summed E-state index contributed by atoms with van der Waals surface area (Å²) in [7, 11) is 0. The fraction of sp³-hybridized carbons (Fsp3) is 0.462. The van der Waals surface area contributed by atoms with Crippen molar-refractivity contribution >= 4 is 11.6 Å². The SMILES string of the molecule is O=C(CCc1ccc([N+](=O)[O-])cc1)N1CCNCC1. The van der Waals surface area contributed by atoms with Gasteiger partial charge in [-0.25, -0.2) is 0 Å². The van der Waals surface area contributed by atoms with Gasteiger partial charge in [0.1, 0.15) is 0 Å². The highest BCUT2D eigenvalue weighted by atomic mass is 16.6. The van der Waals surface area contributed by atoms with Gasteiger partial charge in [-0.3, -0.25) is 14.9 Å². The zero-order valence-electron chi connectivity index (χ0n) is 10.7. The third-order valence-electron chi connectivity index (χ3n) is 3.24. The standard InChI is InChI=1S/C13H17N3O3/c17-13(15-9-7-14-8-10-15)6-3-11-1-4-12(5-2-11)16(18)19/h1-2,4-5,14H,3,6-10H2. The summed E-state index contributed by atoms with van der Waals surface area (Å²) < 4.78 is 0. The molecule has 102 valence electrons. The number of nitrogens with zero attached hydrogens (tertiary/aromatic N) is 2. The monoisotopic (exact) mass is 263 g/mol. The number of nitrogens with one attached hydrogen (secondary N) is 1. The first-order valence-corrected chi connectivity index (χ1v) is 6.38. The number of rotatable bonds is 4. The lowest BCUT2D eigenvalue weighted by Crippen LogP contribution is -2.46. The van der Waals surface area contributed by atoms with E-state index in [0.717, 1.165) is 31.7 Å². The van der Waals surface area contributed by atoms with Crippen molar-refractivity contribution in [3.63, 3.8) is 0 Å². The van der Waals surface area contributed by atoms with E-state index in [1.54, 1.807) is 12.1 Å². The average Bonchev–Trinajstić information content (AvgIpc) is 2.46. The number of hydrogen-bond donors (Lipinski definition) is 1. The Bertz CT molecular complexity index is 453. The van der Waals surface area contributed by atoms with Crippen LogP contribution in [0.2, 0.25) is 0 Å². The number of nitro benzene ring substituents is 1. The van der Waals surface area contributed by atoms with Crippen LogP contribution < -0.4 is 5.32 Å². The summed E-state index contributed by atoms with van der Waals surface area (Å²) in [5, 5.41) is 13.7. The van der Waals surface area contributed by atoms with Crippen molar-refractivity contribution in [2.45, 2.75) is 12.8 Å². The minimum absolute atomic E-state index is 0.0807. The number of amides is 1. The molecule has 0 aliphatic carbocycles. The Hall–Kier alpha value is -1.95. The van der Waals surface area contributed by atoms with E-state index >= 15 is 0 Å². The molecule has 1 amide bonds. The Labute approximate surface area is 111 Å². The molecule has 1 aromatic rings. The second kappa shape index (κ2) is 6.29. The summed E-state index contributed by atoms with van der Waals surface area (Å²) in [6.45, 7) is 3.23. The Morgan fingerprint density at radius 1 is 1.26 bits per heavy atom. The van der Waals surface area contributed by atoms with Gasteiger partial charge in [-0.15, -0.1) is 0 Å². The zero-order valence-corrected chi connectivity index (χ0v) is 10.7. The van der Waals surface area contributed by atoms with Crippen molar-refractivity contribution in [1.29, 1.82) is 0 Å². The molecule has 0 bridgehead atoms. The first-order valence-electron chi connectivity index (χ1n) is 6.38. The van der Waals surface area contributed by atoms with Gasteiger partial charge in [0.05, 0.1) is 4.92 Å². The minimum Gasteiger partial charge on any atom is -0.340 e. The van der Waals surface area contributed by atoms with E-state index in [2.05, 4.69) is 5.32 Å². The summed E-state index contributed by atoms with van der Waals surface area (Å²) in [6, 6.07) is 6.38. The molecule has 1 heterocycles. The Kier molecular flexibility index (Phi) is 4.46. The summed E-state index contributed by atoms with van der Waals surface area (Å²) in [5.74, 6) is 0.153. The van der Waals surface area contributed by atoms with Crippen LogP contribution in [0.1, 0.15) is 12.0 Å². The number of carbonyl (C=O) groups excluding carboxylic acids is 1. The molecule has 6 heteroatoms. The lowest BCUT2D eigenvalue weighted by atomic mass is 10.1. The molecule has 0 unspecified atom stereocenters. The minimum atomic E-state index is -0.421. The molecule has 0 saturated carbocycles. The van der Waals surface area contributed by atoms with E-state index in [9.17, 15) is 14.9 Å². The van der Waals surface area contributed by atoms with Gasteiger partial charge in [0.2, 0.25) is 5.91 Å². The summed E-state index contributed by atoms with van der Waals surface area (Å²) in [6.07, 6.45) is 1.08. The van der Waals surface area contributed by atoms with Gasteiger partial charge in [-0.1, -0.05) is 12.1 Å². The molecule has 0 aromatic heterocycles. The first kappa shape index (κ1) is 13.5. The fourth-order valence-corrected chi connectivity index (χ4v) is 2.11. The number of aryl methyl sites for hydroxylation is 1. The second-order valence-corrected chi connectivity index (χ2v) is 4.55. The van der Waals surface area contributed by atoms with Crippen LogP contribution in [0.4, 0.5) is 5.69 Å². The van der Waals surface area contributed by atoms with Gasteiger partial charge in [-0.2, -0.15) is 0 Å². The molecule has 1 aliphatic rings. The highest BCUT2D eigenvalue weighted by molar-refractivity contribution is 5.76. The molecule has 19 heavy (non-hydrogen) atoms. The van der Waals surface area contributed by atoms with Crippen molar-refractivity contribution in [2.24, 2.45) is 0 Å². The largest absolute Gasteiger partial charge is 0.340 e. The van der Waals surface area contributed by atoms with Crippen molar-refractivity contribution < 1.29 is 9.72 Å². The van der Waals surface area contributed by atoms with E-state index in [1.165, 1.54) is 12.1 Å². The predicted octanol–water partition coefficient (Wildman–Crippen LogP) is 0.959. The van der Waals surface area contributed by atoms with Gasteiger partial charge >= 0.3 is 0 Å². The lowest BCUT2D eigenvalue weighted by Gasteiger charge is -2.27. The van der Waals surface area contributed by atoms with Gasteiger partial charge in [0.15, 0.2) is 0 Å². The number of carbonyl (C=O) groups is 1. The van der Waals surface area contributed by atoms with Crippen LogP contribution in [-0.2, 0) is 11.2 Å². The normalized spacial score (nSPS) is 15.3. The van der Waals surface area contributed by atoms with Gasteiger partial charge in [-0.05, 0) is 12.0 Å². The number of hydrogen-bond acceptors (Lipinski definition) is 4. The lowest BCUT2D eigenvalue weighted by molar-refractivity contribution is -0.384. The van der Waals surface area contributed by atoms with Crippen LogP contribution in [-0.4, -0.2) is 41.9 Å². The second-order valence-electron chi connectivity index (χ2n) is 4.55. The molecule has 1 aliphatic heterocycles. The van der Waals surface area contributed by atoms with E-state index in [-0.39, 0.29) is 11.6 Å². The molecule has 1 fully saturated rings. The molecular weight excluding hydrogens is 246 g/mol. The van der Waals surface area contributed by atoms with E-state index < -0.39 is 4.92 Å². The Balaban J connectivity index is 1.84. The molecule has 0 spiro atoms. The fourth-order valence-electron chi connectivity index (χ4n) is 2.11. The molecular formula is C13H17N3O3. The molecule has 0 atom stereocenters. The summed E-state index contributed by atoms with van der Waals surface area (Å²) in [5.41, 5.74) is 1.03. The maximum Gasteiger partial charge on any atom is 0.269 e. The van der Waals surface area contributed by atoms with Crippen LogP contribution >= 0.6 is 0 Å². The quantitative estimate of drug-likeness (QED) is 0.648. The number of nitro groups is 1. The topological polar surface area (TPSA) is 75.5 Å². The predicted molar refractivity (Wildman–Crippen MR) is 70.9 cm³/mol. The van der Waals surface area contributed by atoms with Crippen LogP contribution in [0.5, 0.6) is 0 Å². The van der Waals surface area contributed by atoms with Crippen molar-refractivity contribution in [3.8, 4) is 0 Å². The Morgan fingerprint density at radius 2 is 1.89 bits per heavy atom. The molecule has 1 N–H and O–H groups in total. The highest BCUT2D eigenvalue weighted by Crippen LogP contribution is 2.13. The van der Waals surface area contributed by atoms with Gasteiger partial charge in [0.25, 0.3) is 5.69 Å². The van der Waals surface area contributed by atoms with Crippen LogP contribution in [0.15, 0.2) is 24.3 Å². The number of non-ortho nitro benzene ring substituents is 1. The van der Waals surface area contributed by atoms with Crippen molar-refractivity contribution in [3.05, 3.63) is 39.9 Å². The molecule has 6 nitrogen and oxygen atoms in total. The van der Waals surface area contributed by atoms with Crippen LogP contribution in [0.25, 0.3) is 0 Å². The average molecular weight is 263 g/mol. The van der Waals surface area contributed by atoms with Crippen LogP contribution in [0.3, 0.4) is 0 Å². The molecule has 1 aromatic carbocycles. The maximum absolute atomic E-state index is 11.9. The van der Waals surface area contributed by atoms with E-state index in [4.69, 9.17) is 0 Å². The van der Waals surface area contributed by atoms with E-state index in [0.29, 0.717) is 12.8 Å². The smallest absolute Gasteiger partial charge is 0.269 e. The van der Waals surface area contributed by atoms with Crippen molar-refractivity contribution in [1.82, 2.24) is 10.2 Å². The molecule has 0 radical (unpaired) electrons. The number of piperazine rings is 1. The third kappa shape index (κ3) is 3.75. The molecule has 1 saturated heterocycles. The number of benzene rings is 1. The maximum atomic E-state index is 11.9. The van der Waals surface area contributed by atoms with Crippen molar-refractivity contribution in [2.75, 3.05) is 26.2 Å². The highest BCUT2D eigenvalue weighted by Gasteiger charge is 2.15. The molecule has 2 rings (SSSR count). The van der Waals surface area contributed by atoms with E-state index in [1.807, 2.05) is 4.90 Å². The Morgan fingerprint density at radius 3 is 2.47 bits per heavy atom. The first-order chi connectivity index (χ1) is 9.16.